The number of ether oxygens (including phenoxy) is 1. The third-order valence-electron chi connectivity index (χ3n) is 4.40. The summed E-state index contributed by atoms with van der Waals surface area (Å²) in [5, 5.41) is 10.1. The number of thiophene rings is 1. The van der Waals surface area contributed by atoms with E-state index in [1.807, 2.05) is 44.4 Å². The van der Waals surface area contributed by atoms with E-state index in [-0.39, 0.29) is 11.9 Å². The van der Waals surface area contributed by atoms with Crippen LogP contribution in [0.4, 0.5) is 0 Å². The third-order valence-corrected chi connectivity index (χ3v) is 5.43. The SMILES string of the molecule is COc1ccc(C(CNC(=O)c2cc(-c3ccc(C)s3)[nH]n2)N(C)C)cc1. The number of likely N-dealkylation sites (N-methyl/N-ethyl adjacent to an activating group) is 1. The Kier molecular flexibility index (Phi) is 5.93. The van der Waals surface area contributed by atoms with E-state index in [4.69, 9.17) is 4.74 Å². The number of hydrogen-bond donors (Lipinski definition) is 2. The molecule has 1 unspecified atom stereocenters. The highest BCUT2D eigenvalue weighted by Gasteiger charge is 2.18. The van der Waals surface area contributed by atoms with E-state index in [2.05, 4.69) is 33.4 Å². The van der Waals surface area contributed by atoms with Crippen LogP contribution in [-0.4, -0.2) is 48.8 Å². The molecule has 0 saturated heterocycles. The van der Waals surface area contributed by atoms with Gasteiger partial charge in [0, 0.05) is 11.4 Å². The number of aromatic amines is 1. The first kappa shape index (κ1) is 19.1. The Morgan fingerprint density at radius 3 is 2.59 bits per heavy atom. The third kappa shape index (κ3) is 4.56. The van der Waals surface area contributed by atoms with Gasteiger partial charge in [0.1, 0.15) is 5.75 Å². The van der Waals surface area contributed by atoms with Crippen molar-refractivity contribution in [3.63, 3.8) is 0 Å². The zero-order valence-electron chi connectivity index (χ0n) is 15.9. The van der Waals surface area contributed by atoms with Crippen molar-refractivity contribution < 1.29 is 9.53 Å². The van der Waals surface area contributed by atoms with Crippen LogP contribution in [0, 0.1) is 6.92 Å². The van der Waals surface area contributed by atoms with E-state index in [1.165, 1.54) is 4.88 Å². The van der Waals surface area contributed by atoms with Crippen LogP contribution in [0.2, 0.25) is 0 Å². The van der Waals surface area contributed by atoms with Crippen molar-refractivity contribution in [2.75, 3.05) is 27.7 Å². The largest absolute Gasteiger partial charge is 0.497 e. The predicted octanol–water partition coefficient (Wildman–Crippen LogP) is 3.49. The molecule has 142 valence electrons. The van der Waals surface area contributed by atoms with Crippen LogP contribution < -0.4 is 10.1 Å². The number of carbonyl (C=O) groups is 1. The normalized spacial score (nSPS) is 12.2. The second kappa shape index (κ2) is 8.37. The van der Waals surface area contributed by atoms with Gasteiger partial charge < -0.3 is 15.0 Å². The summed E-state index contributed by atoms with van der Waals surface area (Å²) in [6.45, 7) is 2.54. The minimum atomic E-state index is -0.189. The number of benzene rings is 1. The molecule has 2 aromatic heterocycles. The molecule has 0 spiro atoms. The molecule has 1 atom stereocenters. The van der Waals surface area contributed by atoms with Gasteiger partial charge in [-0.1, -0.05) is 12.1 Å². The highest BCUT2D eigenvalue weighted by molar-refractivity contribution is 7.15. The van der Waals surface area contributed by atoms with Crippen LogP contribution in [0.5, 0.6) is 5.75 Å². The van der Waals surface area contributed by atoms with Gasteiger partial charge in [-0.3, -0.25) is 9.89 Å². The van der Waals surface area contributed by atoms with Gasteiger partial charge in [-0.15, -0.1) is 11.3 Å². The number of nitrogens with zero attached hydrogens (tertiary/aromatic N) is 2. The summed E-state index contributed by atoms with van der Waals surface area (Å²) < 4.78 is 5.21. The molecular weight excluding hydrogens is 360 g/mol. The molecule has 0 bridgehead atoms. The fourth-order valence-corrected chi connectivity index (χ4v) is 3.68. The summed E-state index contributed by atoms with van der Waals surface area (Å²) in [6, 6.07) is 13.8. The Labute approximate surface area is 163 Å². The number of aryl methyl sites for hydroxylation is 1. The molecule has 1 amide bonds. The van der Waals surface area contributed by atoms with Gasteiger partial charge in [0.15, 0.2) is 5.69 Å². The minimum absolute atomic E-state index is 0.0539. The van der Waals surface area contributed by atoms with Crippen LogP contribution in [0.1, 0.15) is 27.0 Å². The van der Waals surface area contributed by atoms with Gasteiger partial charge in [0.2, 0.25) is 0 Å². The number of aromatic nitrogens is 2. The average molecular weight is 385 g/mol. The molecule has 3 rings (SSSR count). The number of rotatable bonds is 7. The summed E-state index contributed by atoms with van der Waals surface area (Å²) in [4.78, 5) is 16.9. The van der Waals surface area contributed by atoms with Crippen molar-refractivity contribution in [2.24, 2.45) is 0 Å². The van der Waals surface area contributed by atoms with Crippen LogP contribution >= 0.6 is 11.3 Å². The quantitative estimate of drug-likeness (QED) is 0.654. The predicted molar refractivity (Wildman–Crippen MR) is 108 cm³/mol. The van der Waals surface area contributed by atoms with E-state index < -0.39 is 0 Å². The number of carbonyl (C=O) groups excluding carboxylic acids is 1. The standard InChI is InChI=1S/C20H24N4O2S/c1-13-5-10-19(27-13)16-11-17(23-22-16)20(25)21-12-18(24(2)3)14-6-8-15(26-4)9-7-14/h5-11,18H,12H2,1-4H3,(H,21,25)(H,22,23). The van der Waals surface area contributed by atoms with Crippen molar-refractivity contribution in [1.29, 1.82) is 0 Å². The molecule has 6 nitrogen and oxygen atoms in total. The summed E-state index contributed by atoms with van der Waals surface area (Å²) in [7, 11) is 5.63. The molecule has 7 heteroatoms. The lowest BCUT2D eigenvalue weighted by Crippen LogP contribution is -2.34. The molecule has 0 aliphatic heterocycles. The van der Waals surface area contributed by atoms with E-state index in [9.17, 15) is 4.79 Å². The molecule has 0 radical (unpaired) electrons. The highest BCUT2D eigenvalue weighted by atomic mass is 32.1. The second-order valence-corrected chi connectivity index (χ2v) is 7.83. The first-order valence-corrected chi connectivity index (χ1v) is 9.50. The second-order valence-electron chi connectivity index (χ2n) is 6.54. The molecule has 3 aromatic rings. The smallest absolute Gasteiger partial charge is 0.271 e. The number of amides is 1. The van der Waals surface area contributed by atoms with Gasteiger partial charge in [0.25, 0.3) is 5.91 Å². The molecule has 1 aromatic carbocycles. The first-order valence-electron chi connectivity index (χ1n) is 8.68. The molecule has 2 heterocycles. The van der Waals surface area contributed by atoms with E-state index in [0.717, 1.165) is 21.9 Å². The Morgan fingerprint density at radius 2 is 2.00 bits per heavy atom. The lowest BCUT2D eigenvalue weighted by atomic mass is 10.1. The summed E-state index contributed by atoms with van der Waals surface area (Å²) in [5.41, 5.74) is 2.36. The van der Waals surface area contributed by atoms with Crippen molar-refractivity contribution in [3.05, 3.63) is 58.6 Å². The van der Waals surface area contributed by atoms with Crippen molar-refractivity contribution >= 4 is 17.2 Å². The van der Waals surface area contributed by atoms with Crippen LogP contribution in [0.15, 0.2) is 42.5 Å². The maximum absolute atomic E-state index is 12.5. The van der Waals surface area contributed by atoms with Crippen LogP contribution in [-0.2, 0) is 0 Å². The Morgan fingerprint density at radius 1 is 1.26 bits per heavy atom. The van der Waals surface area contributed by atoms with Gasteiger partial charge in [0.05, 0.1) is 23.7 Å². The van der Waals surface area contributed by atoms with E-state index in [1.54, 1.807) is 24.5 Å². The van der Waals surface area contributed by atoms with Gasteiger partial charge >= 0.3 is 0 Å². The molecule has 27 heavy (non-hydrogen) atoms. The Bertz CT molecular complexity index is 899. The lowest BCUT2D eigenvalue weighted by molar-refractivity contribution is 0.0937. The zero-order valence-corrected chi connectivity index (χ0v) is 16.8. The molecular formula is C20H24N4O2S. The summed E-state index contributed by atoms with van der Waals surface area (Å²) in [5.74, 6) is 0.624. The van der Waals surface area contributed by atoms with Gasteiger partial charge in [-0.2, -0.15) is 5.10 Å². The fraction of sp³-hybridized carbons (Fsp3) is 0.300. The number of hydrogen-bond acceptors (Lipinski definition) is 5. The summed E-state index contributed by atoms with van der Waals surface area (Å²) in [6.07, 6.45) is 0. The number of nitrogens with one attached hydrogen (secondary N) is 2. The molecule has 2 N–H and O–H groups in total. The highest BCUT2D eigenvalue weighted by Crippen LogP contribution is 2.26. The molecule has 0 saturated carbocycles. The minimum Gasteiger partial charge on any atom is -0.497 e. The monoisotopic (exact) mass is 384 g/mol. The van der Waals surface area contributed by atoms with Gasteiger partial charge in [-0.25, -0.2) is 0 Å². The fourth-order valence-electron chi connectivity index (χ4n) is 2.85. The zero-order chi connectivity index (χ0) is 19.4. The van der Waals surface area contributed by atoms with Crippen molar-refractivity contribution in [3.8, 4) is 16.3 Å². The molecule has 0 fully saturated rings. The topological polar surface area (TPSA) is 70.2 Å². The Balaban J connectivity index is 1.66. The van der Waals surface area contributed by atoms with Crippen LogP contribution in [0.25, 0.3) is 10.6 Å². The number of H-pyrrole nitrogens is 1. The first-order chi connectivity index (χ1) is 13.0. The molecule has 0 aliphatic carbocycles. The van der Waals surface area contributed by atoms with Crippen LogP contribution in [0.3, 0.4) is 0 Å². The van der Waals surface area contributed by atoms with Crippen molar-refractivity contribution in [1.82, 2.24) is 20.4 Å². The maximum Gasteiger partial charge on any atom is 0.271 e. The number of methoxy groups -OCH3 is 1. The maximum atomic E-state index is 12.5. The van der Waals surface area contributed by atoms with Gasteiger partial charge in [-0.05, 0) is 56.9 Å². The van der Waals surface area contributed by atoms with Crippen molar-refractivity contribution in [2.45, 2.75) is 13.0 Å². The lowest BCUT2D eigenvalue weighted by Gasteiger charge is -2.25. The average Bonchev–Trinajstić information content (AvgIpc) is 3.31. The van der Waals surface area contributed by atoms with E-state index >= 15 is 0 Å². The van der Waals surface area contributed by atoms with E-state index in [0.29, 0.717) is 12.2 Å². The summed E-state index contributed by atoms with van der Waals surface area (Å²) >= 11 is 1.67. The molecule has 0 aliphatic rings. The Hall–Kier alpha value is -2.64.